The molecule has 2 saturated heterocycles. The normalized spacial score (nSPS) is 30.8. The third kappa shape index (κ3) is 2.04. The van der Waals surface area contributed by atoms with Gasteiger partial charge in [-0.1, -0.05) is 13.8 Å². The predicted octanol–water partition coefficient (Wildman–Crippen LogP) is 0.742. The molecule has 2 aliphatic rings. The Morgan fingerprint density at radius 1 is 1.50 bits per heavy atom. The zero-order chi connectivity index (χ0) is 9.42. The minimum atomic E-state index is 0. The molecule has 0 bridgehead atoms. The molecule has 1 amide bonds. The van der Waals surface area contributed by atoms with E-state index in [-0.39, 0.29) is 12.4 Å². The summed E-state index contributed by atoms with van der Waals surface area (Å²) in [4.78, 5) is 13.9. The number of hydrogen-bond acceptors (Lipinski definition) is 2. The molecule has 0 aromatic heterocycles. The van der Waals surface area contributed by atoms with Crippen LogP contribution in [-0.4, -0.2) is 37.0 Å². The molecule has 4 heteroatoms. The summed E-state index contributed by atoms with van der Waals surface area (Å²) in [5.41, 5.74) is 0. The number of nitrogens with zero attached hydrogens (tertiary/aromatic N) is 1. The number of likely N-dealkylation sites (tertiary alicyclic amines) is 1. The summed E-state index contributed by atoms with van der Waals surface area (Å²) in [5.74, 6) is 1.85. The summed E-state index contributed by atoms with van der Waals surface area (Å²) >= 11 is 0. The molecule has 2 fully saturated rings. The zero-order valence-corrected chi connectivity index (χ0v) is 9.64. The molecule has 2 aliphatic heterocycles. The maximum absolute atomic E-state index is 11.8. The Hall–Kier alpha value is -0.280. The highest BCUT2D eigenvalue weighted by atomic mass is 35.5. The van der Waals surface area contributed by atoms with Crippen molar-refractivity contribution in [2.24, 2.45) is 17.8 Å². The lowest BCUT2D eigenvalue weighted by Gasteiger charge is -2.19. The van der Waals surface area contributed by atoms with Gasteiger partial charge in [-0.05, 0) is 5.92 Å². The predicted molar refractivity (Wildman–Crippen MR) is 58.5 cm³/mol. The average molecular weight is 219 g/mol. The average Bonchev–Trinajstić information content (AvgIpc) is 2.56. The molecular weight excluding hydrogens is 200 g/mol. The number of amides is 1. The molecule has 0 unspecified atom stereocenters. The van der Waals surface area contributed by atoms with Crippen LogP contribution in [-0.2, 0) is 4.79 Å². The van der Waals surface area contributed by atoms with E-state index in [9.17, 15) is 4.79 Å². The molecule has 2 rings (SSSR count). The van der Waals surface area contributed by atoms with Crippen LogP contribution >= 0.6 is 12.4 Å². The van der Waals surface area contributed by atoms with E-state index in [0.717, 1.165) is 26.2 Å². The van der Waals surface area contributed by atoms with Crippen molar-refractivity contribution in [2.75, 3.05) is 26.2 Å². The fraction of sp³-hybridized carbons (Fsp3) is 0.900. The van der Waals surface area contributed by atoms with Gasteiger partial charge in [-0.2, -0.15) is 0 Å². The molecule has 82 valence electrons. The van der Waals surface area contributed by atoms with Crippen LogP contribution in [0, 0.1) is 17.8 Å². The highest BCUT2D eigenvalue weighted by Gasteiger charge is 2.42. The molecule has 0 radical (unpaired) electrons. The molecule has 0 aromatic carbocycles. The minimum Gasteiger partial charge on any atom is -0.342 e. The van der Waals surface area contributed by atoms with Crippen molar-refractivity contribution in [3.8, 4) is 0 Å². The van der Waals surface area contributed by atoms with E-state index in [2.05, 4.69) is 19.2 Å². The van der Waals surface area contributed by atoms with Gasteiger partial charge in [0.05, 0.1) is 5.92 Å². The number of hydrogen-bond donors (Lipinski definition) is 1. The molecule has 2 atom stereocenters. The Labute approximate surface area is 91.6 Å². The van der Waals surface area contributed by atoms with Crippen molar-refractivity contribution >= 4 is 18.3 Å². The topological polar surface area (TPSA) is 32.3 Å². The number of rotatable bonds is 2. The molecule has 0 saturated carbocycles. The van der Waals surface area contributed by atoms with E-state index in [1.807, 2.05) is 4.90 Å². The van der Waals surface area contributed by atoms with Crippen molar-refractivity contribution in [1.29, 1.82) is 0 Å². The van der Waals surface area contributed by atoms with Gasteiger partial charge >= 0.3 is 0 Å². The first-order valence-electron chi connectivity index (χ1n) is 5.18. The van der Waals surface area contributed by atoms with Crippen LogP contribution in [0.4, 0.5) is 0 Å². The van der Waals surface area contributed by atoms with Gasteiger partial charge in [0, 0.05) is 32.1 Å². The van der Waals surface area contributed by atoms with Crippen LogP contribution in [0.15, 0.2) is 0 Å². The number of nitrogens with one attached hydrogen (secondary N) is 1. The van der Waals surface area contributed by atoms with Gasteiger partial charge in [0.15, 0.2) is 0 Å². The van der Waals surface area contributed by atoms with Crippen molar-refractivity contribution in [3.63, 3.8) is 0 Å². The van der Waals surface area contributed by atoms with Crippen molar-refractivity contribution in [2.45, 2.75) is 13.8 Å². The van der Waals surface area contributed by atoms with Crippen LogP contribution < -0.4 is 5.32 Å². The van der Waals surface area contributed by atoms with Crippen molar-refractivity contribution < 1.29 is 4.79 Å². The van der Waals surface area contributed by atoms with Gasteiger partial charge < -0.3 is 10.2 Å². The highest BCUT2D eigenvalue weighted by molar-refractivity contribution is 5.85. The quantitative estimate of drug-likeness (QED) is 0.742. The molecule has 2 heterocycles. The zero-order valence-electron chi connectivity index (χ0n) is 8.82. The summed E-state index contributed by atoms with van der Waals surface area (Å²) in [6, 6.07) is 0. The summed E-state index contributed by atoms with van der Waals surface area (Å²) in [6.07, 6.45) is 0. The van der Waals surface area contributed by atoms with E-state index in [1.165, 1.54) is 0 Å². The monoisotopic (exact) mass is 218 g/mol. The number of carbonyl (C=O) groups excluding carboxylic acids is 1. The SMILES string of the molecule is CC(C)CN1C[C@@H]2CNC[C@@H]2C1=O.Cl. The van der Waals surface area contributed by atoms with Crippen LogP contribution in [0.3, 0.4) is 0 Å². The van der Waals surface area contributed by atoms with E-state index in [1.54, 1.807) is 0 Å². The first-order valence-corrected chi connectivity index (χ1v) is 5.18. The lowest BCUT2D eigenvalue weighted by Crippen LogP contribution is -2.33. The maximum atomic E-state index is 11.8. The van der Waals surface area contributed by atoms with Crippen LogP contribution in [0.2, 0.25) is 0 Å². The molecule has 3 nitrogen and oxygen atoms in total. The Bertz CT molecular complexity index is 220. The molecular formula is C10H19ClN2O. The summed E-state index contributed by atoms with van der Waals surface area (Å²) in [6.45, 7) is 8.18. The van der Waals surface area contributed by atoms with Gasteiger partial charge in [-0.3, -0.25) is 4.79 Å². The Morgan fingerprint density at radius 2 is 2.21 bits per heavy atom. The fourth-order valence-electron chi connectivity index (χ4n) is 2.43. The third-order valence-corrected chi connectivity index (χ3v) is 3.01. The van der Waals surface area contributed by atoms with Gasteiger partial charge in [0.1, 0.15) is 0 Å². The molecule has 0 aromatic rings. The van der Waals surface area contributed by atoms with E-state index < -0.39 is 0 Å². The van der Waals surface area contributed by atoms with Crippen LogP contribution in [0.1, 0.15) is 13.8 Å². The minimum absolute atomic E-state index is 0. The number of carbonyl (C=O) groups is 1. The smallest absolute Gasteiger partial charge is 0.227 e. The van der Waals surface area contributed by atoms with Crippen molar-refractivity contribution in [1.82, 2.24) is 10.2 Å². The van der Waals surface area contributed by atoms with Crippen LogP contribution in [0.25, 0.3) is 0 Å². The Morgan fingerprint density at radius 3 is 2.79 bits per heavy atom. The Balaban J connectivity index is 0.000000980. The summed E-state index contributed by atoms with van der Waals surface area (Å²) < 4.78 is 0. The lowest BCUT2D eigenvalue weighted by molar-refractivity contribution is -0.131. The fourth-order valence-corrected chi connectivity index (χ4v) is 2.43. The number of halogens is 1. The van der Waals surface area contributed by atoms with Gasteiger partial charge in [0.25, 0.3) is 0 Å². The first-order chi connectivity index (χ1) is 6.18. The third-order valence-electron chi connectivity index (χ3n) is 3.01. The molecule has 0 aliphatic carbocycles. The molecule has 0 spiro atoms. The van der Waals surface area contributed by atoms with Gasteiger partial charge in [0.2, 0.25) is 5.91 Å². The standard InChI is InChI=1S/C10H18N2O.ClH/c1-7(2)5-12-6-8-3-11-4-9(8)10(12)13;/h7-9,11H,3-6H2,1-2H3;1H/t8-,9-;/m0./s1. The Kier molecular flexibility index (Phi) is 3.78. The van der Waals surface area contributed by atoms with Crippen LogP contribution in [0.5, 0.6) is 0 Å². The lowest BCUT2D eigenvalue weighted by atomic mass is 10.0. The second kappa shape index (κ2) is 4.49. The second-order valence-electron chi connectivity index (χ2n) is 4.66. The molecule has 14 heavy (non-hydrogen) atoms. The summed E-state index contributed by atoms with van der Waals surface area (Å²) in [7, 11) is 0. The maximum Gasteiger partial charge on any atom is 0.227 e. The molecule has 1 N–H and O–H groups in total. The van der Waals surface area contributed by atoms with E-state index >= 15 is 0 Å². The second-order valence-corrected chi connectivity index (χ2v) is 4.66. The largest absolute Gasteiger partial charge is 0.342 e. The van der Waals surface area contributed by atoms with E-state index in [0.29, 0.717) is 23.7 Å². The number of fused-ring (bicyclic) bond motifs is 1. The van der Waals surface area contributed by atoms with E-state index in [4.69, 9.17) is 0 Å². The highest BCUT2D eigenvalue weighted by Crippen LogP contribution is 2.27. The first kappa shape index (κ1) is 11.8. The summed E-state index contributed by atoms with van der Waals surface area (Å²) in [5, 5.41) is 3.28. The van der Waals surface area contributed by atoms with Gasteiger partial charge in [-0.25, -0.2) is 0 Å². The van der Waals surface area contributed by atoms with Crippen molar-refractivity contribution in [3.05, 3.63) is 0 Å². The van der Waals surface area contributed by atoms with Gasteiger partial charge in [-0.15, -0.1) is 12.4 Å².